The van der Waals surface area contributed by atoms with E-state index >= 15 is 0 Å². The first-order valence-electron chi connectivity index (χ1n) is 7.67. The predicted molar refractivity (Wildman–Crippen MR) is 95.4 cm³/mol. The highest BCUT2D eigenvalue weighted by molar-refractivity contribution is 5.96. The average Bonchev–Trinajstić information content (AvgIpc) is 2.56. The van der Waals surface area contributed by atoms with Crippen molar-refractivity contribution in [3.05, 3.63) is 48.3 Å². The van der Waals surface area contributed by atoms with Crippen molar-refractivity contribution < 1.29 is 18.7 Å². The Balaban J connectivity index is 2.09. The first kappa shape index (κ1) is 18.3. The molecule has 0 heterocycles. The fraction of sp³-hybridized carbons (Fsp3) is 0.222. The summed E-state index contributed by atoms with van der Waals surface area (Å²) in [7, 11) is 1.52. The van der Waals surface area contributed by atoms with Crippen LogP contribution in [-0.2, 0) is 9.59 Å². The van der Waals surface area contributed by atoms with Crippen LogP contribution in [0.1, 0.15) is 13.8 Å². The van der Waals surface area contributed by atoms with E-state index in [1.807, 2.05) is 0 Å². The van der Waals surface area contributed by atoms with Gasteiger partial charge in [-0.3, -0.25) is 9.59 Å². The van der Waals surface area contributed by atoms with Crippen LogP contribution < -0.4 is 20.7 Å². The number of benzene rings is 2. The highest BCUT2D eigenvalue weighted by Gasteiger charge is 2.15. The third-order valence-electron chi connectivity index (χ3n) is 3.40. The van der Waals surface area contributed by atoms with E-state index in [1.165, 1.54) is 38.3 Å². The van der Waals surface area contributed by atoms with Crippen LogP contribution in [0.3, 0.4) is 0 Å². The van der Waals surface area contributed by atoms with Crippen LogP contribution in [-0.4, -0.2) is 25.0 Å². The summed E-state index contributed by atoms with van der Waals surface area (Å²) in [4.78, 5) is 23.5. The Morgan fingerprint density at radius 2 is 1.68 bits per heavy atom. The Kier molecular flexibility index (Phi) is 5.94. The number of anilines is 3. The lowest BCUT2D eigenvalue weighted by Gasteiger charge is -2.18. The zero-order valence-electron chi connectivity index (χ0n) is 14.2. The fourth-order valence-corrected chi connectivity index (χ4v) is 2.18. The number of ether oxygens (including phenoxy) is 1. The predicted octanol–water partition coefficient (Wildman–Crippen LogP) is 3.23. The molecule has 2 amide bonds. The summed E-state index contributed by atoms with van der Waals surface area (Å²) in [6.07, 6.45) is 0. The molecule has 0 aliphatic carbocycles. The number of nitrogens with one attached hydrogen (secondary N) is 3. The molecule has 132 valence electrons. The molecule has 0 saturated carbocycles. The summed E-state index contributed by atoms with van der Waals surface area (Å²) in [5.74, 6) is -0.323. The SMILES string of the molecule is COc1ccc(NC(C)=O)cc1N[C@H](C)C(=O)Nc1ccc(F)cc1. The number of hydrogen-bond donors (Lipinski definition) is 3. The average molecular weight is 345 g/mol. The van der Waals surface area contributed by atoms with Crippen LogP contribution in [0, 0.1) is 5.82 Å². The molecule has 0 radical (unpaired) electrons. The standard InChI is InChI=1S/C18H20FN3O3/c1-11(18(24)22-14-6-4-13(19)5-7-14)20-16-10-15(21-12(2)23)8-9-17(16)25-3/h4-11,20H,1-3H3,(H,21,23)(H,22,24)/t11-/m1/s1. The van der Waals surface area contributed by atoms with Crippen LogP contribution in [0.5, 0.6) is 5.75 Å². The molecule has 0 aliphatic heterocycles. The van der Waals surface area contributed by atoms with Crippen molar-refractivity contribution >= 4 is 28.9 Å². The van der Waals surface area contributed by atoms with Crippen LogP contribution in [0.25, 0.3) is 0 Å². The molecular formula is C18H20FN3O3. The van der Waals surface area contributed by atoms with Gasteiger partial charge in [-0.1, -0.05) is 0 Å². The lowest BCUT2D eigenvalue weighted by atomic mass is 10.2. The van der Waals surface area contributed by atoms with E-state index < -0.39 is 6.04 Å². The Morgan fingerprint density at radius 3 is 2.28 bits per heavy atom. The lowest BCUT2D eigenvalue weighted by Crippen LogP contribution is -2.32. The summed E-state index contributed by atoms with van der Waals surface area (Å²) in [5.41, 5.74) is 1.65. The van der Waals surface area contributed by atoms with Crippen molar-refractivity contribution in [3.8, 4) is 5.75 Å². The molecule has 0 bridgehead atoms. The Labute approximate surface area is 145 Å². The van der Waals surface area contributed by atoms with Gasteiger partial charge in [0, 0.05) is 18.3 Å². The molecular weight excluding hydrogens is 325 g/mol. The van der Waals surface area contributed by atoms with E-state index in [2.05, 4.69) is 16.0 Å². The molecule has 0 aromatic heterocycles. The summed E-state index contributed by atoms with van der Waals surface area (Å²) >= 11 is 0. The van der Waals surface area contributed by atoms with E-state index in [-0.39, 0.29) is 17.6 Å². The van der Waals surface area contributed by atoms with Crippen LogP contribution in [0.15, 0.2) is 42.5 Å². The molecule has 0 fully saturated rings. The second-order valence-electron chi connectivity index (χ2n) is 5.46. The van der Waals surface area contributed by atoms with Gasteiger partial charge in [0.1, 0.15) is 17.6 Å². The molecule has 0 aliphatic rings. The van der Waals surface area contributed by atoms with Crippen molar-refractivity contribution in [1.29, 1.82) is 0 Å². The summed E-state index contributed by atoms with van der Waals surface area (Å²) in [6.45, 7) is 3.10. The molecule has 6 nitrogen and oxygen atoms in total. The minimum Gasteiger partial charge on any atom is -0.495 e. The number of methoxy groups -OCH3 is 1. The van der Waals surface area contributed by atoms with Crippen molar-refractivity contribution in [1.82, 2.24) is 0 Å². The maximum atomic E-state index is 12.9. The van der Waals surface area contributed by atoms with Crippen molar-refractivity contribution in [3.63, 3.8) is 0 Å². The number of hydrogen-bond acceptors (Lipinski definition) is 4. The second-order valence-corrected chi connectivity index (χ2v) is 5.46. The Bertz CT molecular complexity index is 763. The zero-order valence-corrected chi connectivity index (χ0v) is 14.2. The number of carbonyl (C=O) groups is 2. The topological polar surface area (TPSA) is 79.5 Å². The molecule has 7 heteroatoms. The molecule has 0 spiro atoms. The van der Waals surface area contributed by atoms with Crippen molar-refractivity contribution in [2.24, 2.45) is 0 Å². The molecule has 2 aromatic carbocycles. The van der Waals surface area contributed by atoms with Crippen molar-refractivity contribution in [2.75, 3.05) is 23.1 Å². The van der Waals surface area contributed by atoms with Crippen LogP contribution >= 0.6 is 0 Å². The van der Waals surface area contributed by atoms with Gasteiger partial charge < -0.3 is 20.7 Å². The quantitative estimate of drug-likeness (QED) is 0.751. The summed E-state index contributed by atoms with van der Waals surface area (Å²) in [6, 6.07) is 10.00. The summed E-state index contributed by atoms with van der Waals surface area (Å²) < 4.78 is 18.2. The van der Waals surface area contributed by atoms with E-state index in [1.54, 1.807) is 25.1 Å². The van der Waals surface area contributed by atoms with E-state index in [9.17, 15) is 14.0 Å². The van der Waals surface area contributed by atoms with Crippen LogP contribution in [0.4, 0.5) is 21.5 Å². The first-order valence-corrected chi connectivity index (χ1v) is 7.67. The van der Waals surface area contributed by atoms with Gasteiger partial charge in [-0.2, -0.15) is 0 Å². The Morgan fingerprint density at radius 1 is 1.04 bits per heavy atom. The molecule has 2 aromatic rings. The highest BCUT2D eigenvalue weighted by atomic mass is 19.1. The van der Waals surface area contributed by atoms with Gasteiger partial charge in [-0.15, -0.1) is 0 Å². The van der Waals surface area contributed by atoms with Gasteiger partial charge in [0.25, 0.3) is 0 Å². The maximum absolute atomic E-state index is 12.9. The maximum Gasteiger partial charge on any atom is 0.246 e. The third-order valence-corrected chi connectivity index (χ3v) is 3.40. The first-order chi connectivity index (χ1) is 11.9. The van der Waals surface area contributed by atoms with Gasteiger partial charge in [-0.05, 0) is 49.4 Å². The summed E-state index contributed by atoms with van der Waals surface area (Å²) in [5, 5.41) is 8.41. The molecule has 0 saturated heterocycles. The minimum absolute atomic E-state index is 0.196. The minimum atomic E-state index is -0.591. The normalized spacial score (nSPS) is 11.4. The lowest BCUT2D eigenvalue weighted by molar-refractivity contribution is -0.116. The van der Waals surface area contributed by atoms with Gasteiger partial charge >= 0.3 is 0 Å². The second kappa shape index (κ2) is 8.14. The number of halogens is 1. The van der Waals surface area contributed by atoms with Crippen LogP contribution in [0.2, 0.25) is 0 Å². The van der Waals surface area contributed by atoms with E-state index in [4.69, 9.17) is 4.74 Å². The zero-order chi connectivity index (χ0) is 18.4. The fourth-order valence-electron chi connectivity index (χ4n) is 2.18. The van der Waals surface area contributed by atoms with Gasteiger partial charge in [0.05, 0.1) is 12.8 Å². The van der Waals surface area contributed by atoms with Crippen molar-refractivity contribution in [2.45, 2.75) is 19.9 Å². The molecule has 3 N–H and O–H groups in total. The Hall–Kier alpha value is -3.09. The number of carbonyl (C=O) groups excluding carboxylic acids is 2. The molecule has 2 rings (SSSR count). The van der Waals surface area contributed by atoms with Gasteiger partial charge in [0.15, 0.2) is 0 Å². The number of amides is 2. The third kappa shape index (κ3) is 5.20. The number of rotatable bonds is 6. The molecule has 25 heavy (non-hydrogen) atoms. The largest absolute Gasteiger partial charge is 0.495 e. The van der Waals surface area contributed by atoms with Gasteiger partial charge in [-0.25, -0.2) is 4.39 Å². The highest BCUT2D eigenvalue weighted by Crippen LogP contribution is 2.28. The van der Waals surface area contributed by atoms with E-state index in [0.29, 0.717) is 22.8 Å². The van der Waals surface area contributed by atoms with Gasteiger partial charge in [0.2, 0.25) is 11.8 Å². The van der Waals surface area contributed by atoms with E-state index in [0.717, 1.165) is 0 Å². The molecule has 0 unspecified atom stereocenters. The smallest absolute Gasteiger partial charge is 0.246 e. The monoisotopic (exact) mass is 345 g/mol. The molecule has 1 atom stereocenters.